The fourth-order valence-electron chi connectivity index (χ4n) is 0.730. The predicted octanol–water partition coefficient (Wildman–Crippen LogP) is 2.32. The van der Waals surface area contributed by atoms with Crippen molar-refractivity contribution in [2.45, 2.75) is 24.9 Å². The zero-order valence-electron chi connectivity index (χ0n) is 7.03. The van der Waals surface area contributed by atoms with Gasteiger partial charge in [-0.1, -0.05) is 25.6 Å². The molecule has 0 bridgehead atoms. The highest BCUT2D eigenvalue weighted by Gasteiger charge is 1.99. The van der Waals surface area contributed by atoms with Crippen LogP contribution in [0, 0.1) is 0 Å². The van der Waals surface area contributed by atoms with E-state index in [2.05, 4.69) is 23.8 Å². The molecular weight excluding hydrogens is 156 g/mol. The lowest BCUT2D eigenvalue weighted by Crippen LogP contribution is -1.92. The Morgan fingerprint density at radius 3 is 2.18 bits per heavy atom. The first-order valence-corrected chi connectivity index (χ1v) is 4.82. The number of thioether (sulfide) groups is 1. The Kier molecular flexibility index (Phi) is 2.88. The molecule has 0 radical (unpaired) electrons. The third-order valence-corrected chi connectivity index (χ3v) is 2.07. The first-order valence-electron chi connectivity index (χ1n) is 3.60. The van der Waals surface area contributed by atoms with Gasteiger partial charge in [-0.25, -0.2) is 9.97 Å². The van der Waals surface area contributed by atoms with Gasteiger partial charge < -0.3 is 0 Å². The molecule has 1 aromatic heterocycles. The largest absolute Gasteiger partial charge is 0.231 e. The fourth-order valence-corrected chi connectivity index (χ4v) is 1.05. The van der Waals surface area contributed by atoms with E-state index in [1.165, 1.54) is 5.56 Å². The van der Waals surface area contributed by atoms with Crippen molar-refractivity contribution in [1.29, 1.82) is 0 Å². The van der Waals surface area contributed by atoms with Gasteiger partial charge in [-0.05, 0) is 17.7 Å². The SMILES string of the molecule is CSc1ncc(C(C)C)cn1. The average molecular weight is 168 g/mol. The number of hydrogen-bond donors (Lipinski definition) is 0. The van der Waals surface area contributed by atoms with Gasteiger partial charge in [0.05, 0.1) is 0 Å². The lowest BCUT2D eigenvalue weighted by Gasteiger charge is -2.02. The van der Waals surface area contributed by atoms with E-state index >= 15 is 0 Å². The zero-order chi connectivity index (χ0) is 8.27. The van der Waals surface area contributed by atoms with Gasteiger partial charge in [0.2, 0.25) is 0 Å². The van der Waals surface area contributed by atoms with Crippen molar-refractivity contribution in [1.82, 2.24) is 9.97 Å². The second-order valence-electron chi connectivity index (χ2n) is 2.66. The maximum atomic E-state index is 4.17. The molecule has 11 heavy (non-hydrogen) atoms. The van der Waals surface area contributed by atoms with Gasteiger partial charge in [0, 0.05) is 12.4 Å². The maximum absolute atomic E-state index is 4.17. The lowest BCUT2D eigenvalue weighted by atomic mass is 10.1. The summed E-state index contributed by atoms with van der Waals surface area (Å²) in [7, 11) is 0. The van der Waals surface area contributed by atoms with Crippen LogP contribution in [0.2, 0.25) is 0 Å². The van der Waals surface area contributed by atoms with Crippen LogP contribution in [0.15, 0.2) is 17.6 Å². The minimum Gasteiger partial charge on any atom is -0.231 e. The summed E-state index contributed by atoms with van der Waals surface area (Å²) in [5.41, 5.74) is 1.20. The Labute approximate surface area is 71.5 Å². The number of nitrogens with zero attached hydrogens (tertiary/aromatic N) is 2. The standard InChI is InChI=1S/C8H12N2S/c1-6(2)7-4-9-8(11-3)10-5-7/h4-6H,1-3H3. The molecule has 0 saturated carbocycles. The summed E-state index contributed by atoms with van der Waals surface area (Å²) in [5, 5.41) is 0.842. The van der Waals surface area contributed by atoms with Crippen LogP contribution in [-0.2, 0) is 0 Å². The van der Waals surface area contributed by atoms with Crippen molar-refractivity contribution in [2.24, 2.45) is 0 Å². The van der Waals surface area contributed by atoms with Crippen LogP contribution in [0.4, 0.5) is 0 Å². The van der Waals surface area contributed by atoms with Crippen LogP contribution < -0.4 is 0 Å². The normalized spacial score (nSPS) is 10.5. The van der Waals surface area contributed by atoms with E-state index in [9.17, 15) is 0 Å². The van der Waals surface area contributed by atoms with Gasteiger partial charge in [0.15, 0.2) is 5.16 Å². The second kappa shape index (κ2) is 3.72. The molecule has 0 aliphatic heterocycles. The molecule has 0 unspecified atom stereocenters. The lowest BCUT2D eigenvalue weighted by molar-refractivity contribution is 0.821. The number of rotatable bonds is 2. The summed E-state index contributed by atoms with van der Waals surface area (Å²) in [6.45, 7) is 4.27. The minimum absolute atomic E-state index is 0.519. The molecule has 1 aromatic rings. The highest BCUT2D eigenvalue weighted by Crippen LogP contribution is 2.13. The maximum Gasteiger partial charge on any atom is 0.187 e. The van der Waals surface area contributed by atoms with Crippen molar-refractivity contribution in [3.8, 4) is 0 Å². The van der Waals surface area contributed by atoms with Crippen LogP contribution in [0.3, 0.4) is 0 Å². The summed E-state index contributed by atoms with van der Waals surface area (Å²) in [5.74, 6) is 0.519. The highest BCUT2D eigenvalue weighted by atomic mass is 32.2. The van der Waals surface area contributed by atoms with Crippen molar-refractivity contribution < 1.29 is 0 Å². The van der Waals surface area contributed by atoms with E-state index in [0.717, 1.165) is 5.16 Å². The molecule has 0 aliphatic rings. The van der Waals surface area contributed by atoms with E-state index in [0.29, 0.717) is 5.92 Å². The van der Waals surface area contributed by atoms with Crippen LogP contribution in [0.1, 0.15) is 25.3 Å². The molecular formula is C8H12N2S. The smallest absolute Gasteiger partial charge is 0.187 e. The summed E-state index contributed by atoms with van der Waals surface area (Å²) in [6.07, 6.45) is 5.76. The van der Waals surface area contributed by atoms with E-state index in [-0.39, 0.29) is 0 Å². The first-order chi connectivity index (χ1) is 5.24. The van der Waals surface area contributed by atoms with Crippen LogP contribution in [0.25, 0.3) is 0 Å². The molecule has 3 heteroatoms. The van der Waals surface area contributed by atoms with Gasteiger partial charge in [-0.15, -0.1) is 0 Å². The number of aromatic nitrogens is 2. The minimum atomic E-state index is 0.519. The van der Waals surface area contributed by atoms with Crippen molar-refractivity contribution in [3.63, 3.8) is 0 Å². The van der Waals surface area contributed by atoms with E-state index < -0.39 is 0 Å². The monoisotopic (exact) mass is 168 g/mol. The average Bonchev–Trinajstić information content (AvgIpc) is 2.05. The zero-order valence-corrected chi connectivity index (χ0v) is 7.85. The van der Waals surface area contributed by atoms with Gasteiger partial charge >= 0.3 is 0 Å². The molecule has 1 rings (SSSR count). The summed E-state index contributed by atoms with van der Waals surface area (Å²) in [6, 6.07) is 0. The van der Waals surface area contributed by atoms with Crippen LogP contribution in [0.5, 0.6) is 0 Å². The molecule has 2 nitrogen and oxygen atoms in total. The Balaban J connectivity index is 2.83. The van der Waals surface area contributed by atoms with Gasteiger partial charge in [-0.3, -0.25) is 0 Å². The Morgan fingerprint density at radius 2 is 1.82 bits per heavy atom. The first kappa shape index (κ1) is 8.53. The van der Waals surface area contributed by atoms with E-state index in [1.807, 2.05) is 18.6 Å². The molecule has 0 aliphatic carbocycles. The van der Waals surface area contributed by atoms with Crippen molar-refractivity contribution >= 4 is 11.8 Å². The van der Waals surface area contributed by atoms with E-state index in [4.69, 9.17) is 0 Å². The van der Waals surface area contributed by atoms with Gasteiger partial charge in [-0.2, -0.15) is 0 Å². The van der Waals surface area contributed by atoms with Crippen molar-refractivity contribution in [2.75, 3.05) is 6.26 Å². The molecule has 0 fully saturated rings. The second-order valence-corrected chi connectivity index (χ2v) is 3.43. The summed E-state index contributed by atoms with van der Waals surface area (Å²) in [4.78, 5) is 8.34. The Morgan fingerprint density at radius 1 is 1.27 bits per heavy atom. The molecule has 0 aromatic carbocycles. The Hall–Kier alpha value is -0.570. The molecule has 1 heterocycles. The van der Waals surface area contributed by atoms with Crippen LogP contribution >= 0.6 is 11.8 Å². The molecule has 0 spiro atoms. The molecule has 0 N–H and O–H groups in total. The highest BCUT2D eigenvalue weighted by molar-refractivity contribution is 7.98. The van der Waals surface area contributed by atoms with Gasteiger partial charge in [0.25, 0.3) is 0 Å². The van der Waals surface area contributed by atoms with Crippen molar-refractivity contribution in [3.05, 3.63) is 18.0 Å². The molecule has 0 saturated heterocycles. The molecule has 60 valence electrons. The summed E-state index contributed by atoms with van der Waals surface area (Å²) >= 11 is 1.57. The Bertz CT molecular complexity index is 218. The third kappa shape index (κ3) is 2.19. The topological polar surface area (TPSA) is 25.8 Å². The molecule has 0 atom stereocenters. The van der Waals surface area contributed by atoms with E-state index in [1.54, 1.807) is 11.8 Å². The molecule has 0 amide bonds. The quantitative estimate of drug-likeness (QED) is 0.500. The van der Waals surface area contributed by atoms with Gasteiger partial charge in [0.1, 0.15) is 0 Å². The number of hydrogen-bond acceptors (Lipinski definition) is 3. The summed E-state index contributed by atoms with van der Waals surface area (Å²) < 4.78 is 0. The fraction of sp³-hybridized carbons (Fsp3) is 0.500. The third-order valence-electron chi connectivity index (χ3n) is 1.50. The predicted molar refractivity (Wildman–Crippen MR) is 47.9 cm³/mol. The van der Waals surface area contributed by atoms with Crippen LogP contribution in [-0.4, -0.2) is 16.2 Å².